The Hall–Kier alpha value is -1.11. The summed E-state index contributed by atoms with van der Waals surface area (Å²) in [7, 11) is -2.19. The highest BCUT2D eigenvalue weighted by molar-refractivity contribution is 7.89. The van der Waals surface area contributed by atoms with E-state index in [1.165, 1.54) is 23.5 Å². The molecular formula is C13H17ClN2O3S. The van der Waals surface area contributed by atoms with E-state index in [9.17, 15) is 13.2 Å². The predicted molar refractivity (Wildman–Crippen MR) is 77.0 cm³/mol. The molecule has 0 bridgehead atoms. The highest BCUT2D eigenvalue weighted by Crippen LogP contribution is 2.26. The highest BCUT2D eigenvalue weighted by atomic mass is 35.5. The summed E-state index contributed by atoms with van der Waals surface area (Å²) in [4.78, 5) is 12.0. The molecule has 1 aromatic carbocycles. The number of amides is 1. The van der Waals surface area contributed by atoms with Crippen LogP contribution in [0.3, 0.4) is 0 Å². The first-order valence-electron chi connectivity index (χ1n) is 6.46. The fraction of sp³-hybridized carbons (Fsp3) is 0.462. The van der Waals surface area contributed by atoms with Gasteiger partial charge in [0.15, 0.2) is 0 Å². The van der Waals surface area contributed by atoms with Gasteiger partial charge in [-0.3, -0.25) is 4.79 Å². The lowest BCUT2D eigenvalue weighted by Gasteiger charge is -2.33. The van der Waals surface area contributed by atoms with Crippen molar-refractivity contribution in [3.05, 3.63) is 29.3 Å². The maximum absolute atomic E-state index is 12.7. The monoisotopic (exact) mass is 316 g/mol. The van der Waals surface area contributed by atoms with E-state index < -0.39 is 16.1 Å². The normalized spacial score (nSPS) is 20.6. The number of carbonyl (C=O) groups excluding carboxylic acids is 1. The zero-order valence-corrected chi connectivity index (χ0v) is 12.7. The van der Waals surface area contributed by atoms with E-state index >= 15 is 0 Å². The van der Waals surface area contributed by atoms with Crippen molar-refractivity contribution in [2.24, 2.45) is 0 Å². The molecule has 20 heavy (non-hydrogen) atoms. The van der Waals surface area contributed by atoms with Crippen LogP contribution in [0.1, 0.15) is 19.3 Å². The van der Waals surface area contributed by atoms with Crippen LogP contribution in [-0.4, -0.2) is 38.3 Å². The van der Waals surface area contributed by atoms with Crippen LogP contribution < -0.4 is 5.32 Å². The summed E-state index contributed by atoms with van der Waals surface area (Å²) in [6, 6.07) is 5.47. The summed E-state index contributed by atoms with van der Waals surface area (Å²) in [6.07, 6.45) is 2.15. The Morgan fingerprint density at radius 1 is 1.40 bits per heavy atom. The van der Waals surface area contributed by atoms with Gasteiger partial charge in [0, 0.05) is 18.6 Å². The van der Waals surface area contributed by atoms with Crippen molar-refractivity contribution < 1.29 is 13.2 Å². The molecule has 1 atom stereocenters. The zero-order chi connectivity index (χ0) is 14.8. The van der Waals surface area contributed by atoms with Gasteiger partial charge in [0.2, 0.25) is 15.9 Å². The molecule has 0 unspecified atom stereocenters. The van der Waals surface area contributed by atoms with Gasteiger partial charge in [0.05, 0.1) is 4.90 Å². The molecule has 1 aliphatic heterocycles. The van der Waals surface area contributed by atoms with E-state index in [1.807, 2.05) is 0 Å². The van der Waals surface area contributed by atoms with Gasteiger partial charge in [-0.15, -0.1) is 0 Å². The van der Waals surface area contributed by atoms with E-state index in [0.717, 1.165) is 12.8 Å². The molecule has 1 heterocycles. The summed E-state index contributed by atoms with van der Waals surface area (Å²) >= 11 is 5.85. The number of benzene rings is 1. The molecule has 0 aromatic heterocycles. The standard InChI is InChI=1S/C13H17ClN2O3S/c1-15-13(17)12-7-2-3-8-16(12)20(18,19)11-6-4-5-10(14)9-11/h4-6,9,12H,2-3,7-8H2,1H3,(H,15,17)/t12-/m0/s1. The Labute approximate surface area is 124 Å². The Balaban J connectivity index is 2.38. The van der Waals surface area contributed by atoms with Gasteiger partial charge < -0.3 is 5.32 Å². The molecule has 1 N–H and O–H groups in total. The average Bonchev–Trinajstić information content (AvgIpc) is 2.46. The quantitative estimate of drug-likeness (QED) is 0.921. The van der Waals surface area contributed by atoms with Crippen molar-refractivity contribution in [1.82, 2.24) is 9.62 Å². The number of halogens is 1. The fourth-order valence-electron chi connectivity index (χ4n) is 2.38. The summed E-state index contributed by atoms with van der Waals surface area (Å²) in [5, 5.41) is 2.89. The third-order valence-electron chi connectivity index (χ3n) is 3.41. The van der Waals surface area contributed by atoms with Gasteiger partial charge in [0.1, 0.15) is 6.04 Å². The summed E-state index contributed by atoms with van der Waals surface area (Å²) in [5.41, 5.74) is 0. The van der Waals surface area contributed by atoms with Crippen LogP contribution >= 0.6 is 11.6 Å². The number of sulfonamides is 1. The van der Waals surface area contributed by atoms with Gasteiger partial charge in [-0.25, -0.2) is 8.42 Å². The van der Waals surface area contributed by atoms with Crippen LogP contribution in [0.5, 0.6) is 0 Å². The second-order valence-corrected chi connectivity index (χ2v) is 7.03. The molecule has 1 aliphatic rings. The first kappa shape index (κ1) is 15.3. The first-order valence-corrected chi connectivity index (χ1v) is 8.27. The van der Waals surface area contributed by atoms with E-state index in [-0.39, 0.29) is 10.8 Å². The first-order chi connectivity index (χ1) is 9.46. The van der Waals surface area contributed by atoms with E-state index in [2.05, 4.69) is 5.32 Å². The zero-order valence-electron chi connectivity index (χ0n) is 11.2. The molecule has 0 saturated carbocycles. The largest absolute Gasteiger partial charge is 0.358 e. The van der Waals surface area contributed by atoms with Crippen LogP contribution in [0.15, 0.2) is 29.2 Å². The summed E-state index contributed by atoms with van der Waals surface area (Å²) < 4.78 is 26.6. The number of hydrogen-bond acceptors (Lipinski definition) is 3. The minimum absolute atomic E-state index is 0.126. The molecule has 1 saturated heterocycles. The molecule has 1 fully saturated rings. The molecule has 0 radical (unpaired) electrons. The van der Waals surface area contributed by atoms with Crippen molar-refractivity contribution in [1.29, 1.82) is 0 Å². The Bertz CT molecular complexity index is 603. The smallest absolute Gasteiger partial charge is 0.243 e. The molecule has 1 aromatic rings. The van der Waals surface area contributed by atoms with E-state index in [0.29, 0.717) is 18.0 Å². The van der Waals surface area contributed by atoms with Crippen molar-refractivity contribution in [2.45, 2.75) is 30.2 Å². The Morgan fingerprint density at radius 2 is 2.15 bits per heavy atom. The number of likely N-dealkylation sites (N-methyl/N-ethyl adjacent to an activating group) is 1. The minimum atomic E-state index is -3.70. The van der Waals surface area contributed by atoms with Crippen molar-refractivity contribution in [3.63, 3.8) is 0 Å². The number of nitrogens with zero attached hydrogens (tertiary/aromatic N) is 1. The molecule has 0 aliphatic carbocycles. The second-order valence-electron chi connectivity index (χ2n) is 4.70. The summed E-state index contributed by atoms with van der Waals surface area (Å²) in [5.74, 6) is -0.268. The maximum atomic E-state index is 12.7. The molecular weight excluding hydrogens is 300 g/mol. The SMILES string of the molecule is CNC(=O)[C@@H]1CCCCN1S(=O)(=O)c1cccc(Cl)c1. The topological polar surface area (TPSA) is 66.5 Å². The fourth-order valence-corrected chi connectivity index (χ4v) is 4.34. The Morgan fingerprint density at radius 3 is 2.80 bits per heavy atom. The molecule has 1 amide bonds. The van der Waals surface area contributed by atoms with Crippen molar-refractivity contribution in [3.8, 4) is 0 Å². The van der Waals surface area contributed by atoms with Crippen molar-refractivity contribution in [2.75, 3.05) is 13.6 Å². The lowest BCUT2D eigenvalue weighted by molar-refractivity contribution is -0.125. The average molecular weight is 317 g/mol. The molecule has 5 nitrogen and oxygen atoms in total. The van der Waals surface area contributed by atoms with Gasteiger partial charge in [-0.05, 0) is 31.0 Å². The number of hydrogen-bond donors (Lipinski definition) is 1. The number of rotatable bonds is 3. The minimum Gasteiger partial charge on any atom is -0.358 e. The Kier molecular flexibility index (Phi) is 4.67. The highest BCUT2D eigenvalue weighted by Gasteiger charge is 2.37. The maximum Gasteiger partial charge on any atom is 0.243 e. The van der Waals surface area contributed by atoms with Gasteiger partial charge in [0.25, 0.3) is 0 Å². The van der Waals surface area contributed by atoms with Crippen LogP contribution in [0.2, 0.25) is 5.02 Å². The van der Waals surface area contributed by atoms with E-state index in [4.69, 9.17) is 11.6 Å². The van der Waals surface area contributed by atoms with Gasteiger partial charge in [-0.1, -0.05) is 24.1 Å². The van der Waals surface area contributed by atoms with Crippen LogP contribution in [0.4, 0.5) is 0 Å². The number of piperidine rings is 1. The van der Waals surface area contributed by atoms with Crippen molar-refractivity contribution >= 4 is 27.5 Å². The third-order valence-corrected chi connectivity index (χ3v) is 5.54. The lowest BCUT2D eigenvalue weighted by Crippen LogP contribution is -2.51. The second kappa shape index (κ2) is 6.11. The molecule has 0 spiro atoms. The van der Waals surface area contributed by atoms with Crippen LogP contribution in [0.25, 0.3) is 0 Å². The van der Waals surface area contributed by atoms with Gasteiger partial charge in [-0.2, -0.15) is 4.31 Å². The molecule has 110 valence electrons. The number of nitrogens with one attached hydrogen (secondary N) is 1. The predicted octanol–water partition coefficient (Wildman–Crippen LogP) is 1.63. The third kappa shape index (κ3) is 2.97. The van der Waals surface area contributed by atoms with Gasteiger partial charge >= 0.3 is 0 Å². The molecule has 2 rings (SSSR count). The molecule has 7 heteroatoms. The van der Waals surface area contributed by atoms with Crippen LogP contribution in [0, 0.1) is 0 Å². The lowest BCUT2D eigenvalue weighted by atomic mass is 10.0. The number of carbonyl (C=O) groups is 1. The summed E-state index contributed by atoms with van der Waals surface area (Å²) in [6.45, 7) is 0.354. The van der Waals surface area contributed by atoms with Crippen LogP contribution in [-0.2, 0) is 14.8 Å². The van der Waals surface area contributed by atoms with E-state index in [1.54, 1.807) is 12.1 Å².